The lowest BCUT2D eigenvalue weighted by molar-refractivity contribution is -0.0288. The topological polar surface area (TPSA) is 195 Å². The first-order valence-electron chi connectivity index (χ1n) is 11.0. The van der Waals surface area contributed by atoms with Gasteiger partial charge in [0.15, 0.2) is 26.7 Å². The molecule has 5 N–H and O–H groups in total. The Morgan fingerprint density at radius 3 is 2.57 bits per heavy atom. The summed E-state index contributed by atoms with van der Waals surface area (Å²) in [6.07, 6.45) is 0.788. The van der Waals surface area contributed by atoms with E-state index in [0.29, 0.717) is 11.1 Å². The summed E-state index contributed by atoms with van der Waals surface area (Å²) in [5, 5.41) is 34.6. The number of hydrogen-bond acceptors (Lipinski definition) is 9. The van der Waals surface area contributed by atoms with Gasteiger partial charge in [-0.25, -0.2) is 13.4 Å². The first-order chi connectivity index (χ1) is 16.4. The molecule has 0 aromatic carbocycles. The van der Waals surface area contributed by atoms with Crippen molar-refractivity contribution in [1.29, 1.82) is 5.26 Å². The highest BCUT2D eigenvalue weighted by Gasteiger charge is 2.46. The van der Waals surface area contributed by atoms with Gasteiger partial charge in [0.25, 0.3) is 0 Å². The van der Waals surface area contributed by atoms with Crippen LogP contribution in [0.2, 0.25) is 5.15 Å². The molecule has 1 saturated carbocycles. The monoisotopic (exact) mass is 548 g/mol. The Morgan fingerprint density at radius 1 is 1.26 bits per heavy atom. The van der Waals surface area contributed by atoms with E-state index < -0.39 is 53.2 Å². The van der Waals surface area contributed by atoms with E-state index in [1.807, 2.05) is 0 Å². The molecule has 0 amide bonds. The van der Waals surface area contributed by atoms with Crippen molar-refractivity contribution in [3.05, 3.63) is 23.0 Å². The molecule has 35 heavy (non-hydrogen) atoms. The van der Waals surface area contributed by atoms with Crippen molar-refractivity contribution in [3.63, 3.8) is 0 Å². The van der Waals surface area contributed by atoms with Gasteiger partial charge in [-0.15, -0.1) is 0 Å². The van der Waals surface area contributed by atoms with Gasteiger partial charge in [-0.3, -0.25) is 4.57 Å². The van der Waals surface area contributed by atoms with Crippen molar-refractivity contribution < 1.29 is 37.7 Å². The van der Waals surface area contributed by atoms with Crippen LogP contribution in [0.3, 0.4) is 0 Å². The first kappa shape index (κ1) is 26.3. The van der Waals surface area contributed by atoms with E-state index in [4.69, 9.17) is 26.1 Å². The van der Waals surface area contributed by atoms with Crippen LogP contribution in [0.15, 0.2) is 12.3 Å². The Hall–Kier alpha value is -1.75. The van der Waals surface area contributed by atoms with Crippen LogP contribution in [0.5, 0.6) is 0 Å². The van der Waals surface area contributed by atoms with Crippen LogP contribution in [0.4, 0.5) is 5.69 Å². The maximum atomic E-state index is 12.2. The van der Waals surface area contributed by atoms with E-state index in [1.54, 1.807) is 6.07 Å². The normalized spacial score (nSPS) is 26.2. The molecule has 2 aromatic heterocycles. The number of anilines is 1. The maximum absolute atomic E-state index is 12.2. The van der Waals surface area contributed by atoms with Crippen LogP contribution in [-0.4, -0.2) is 73.6 Å². The minimum Gasteiger partial charge on any atom is -0.387 e. The third-order valence-corrected chi connectivity index (χ3v) is 10.3. The van der Waals surface area contributed by atoms with E-state index in [0.717, 1.165) is 32.1 Å². The quantitative estimate of drug-likeness (QED) is 0.248. The number of pyridine rings is 1. The third kappa shape index (κ3) is 5.65. The van der Waals surface area contributed by atoms with E-state index in [2.05, 4.69) is 16.4 Å². The molecule has 1 saturated heterocycles. The largest absolute Gasteiger partial charge is 0.387 e. The number of hydrogen-bond donors (Lipinski definition) is 5. The molecule has 0 spiro atoms. The molecule has 0 bridgehead atoms. The number of halogens is 1. The Labute approximate surface area is 206 Å². The molecular weight excluding hydrogens is 523 g/mol. The van der Waals surface area contributed by atoms with Gasteiger partial charge in [-0.05, 0) is 18.9 Å². The van der Waals surface area contributed by atoms with Crippen LogP contribution < -0.4 is 5.32 Å². The van der Waals surface area contributed by atoms with Gasteiger partial charge in [-0.2, -0.15) is 5.26 Å². The molecule has 4 atom stereocenters. The summed E-state index contributed by atoms with van der Waals surface area (Å²) in [7, 11) is -9.16. The molecule has 15 heteroatoms. The molecule has 192 valence electrons. The summed E-state index contributed by atoms with van der Waals surface area (Å²) >= 11 is 6.31. The molecule has 1 aliphatic heterocycles. The number of nitriles is 1. The fourth-order valence-corrected chi connectivity index (χ4v) is 8.17. The number of aliphatic hydroxyl groups excluding tert-OH is 2. The lowest BCUT2D eigenvalue weighted by Crippen LogP contribution is -2.35. The summed E-state index contributed by atoms with van der Waals surface area (Å²) in [6, 6.07) is 3.88. The lowest BCUT2D eigenvalue weighted by Gasteiger charge is -2.25. The van der Waals surface area contributed by atoms with Crippen LogP contribution >= 0.6 is 19.2 Å². The molecule has 0 unspecified atom stereocenters. The zero-order valence-electron chi connectivity index (χ0n) is 18.5. The molecule has 3 heterocycles. The molecule has 1 aliphatic carbocycles. The van der Waals surface area contributed by atoms with E-state index >= 15 is 0 Å². The number of aromatic nitrogens is 2. The number of sulfone groups is 1. The molecule has 0 radical (unpaired) electrons. The van der Waals surface area contributed by atoms with Gasteiger partial charge >= 0.3 is 7.60 Å². The molecular formula is C20H26ClN4O8PS. The maximum Gasteiger partial charge on any atom is 0.340 e. The summed E-state index contributed by atoms with van der Waals surface area (Å²) in [5.41, 5.74) is -0.467. The van der Waals surface area contributed by atoms with Crippen LogP contribution in [0.25, 0.3) is 11.0 Å². The predicted octanol–water partition coefficient (Wildman–Crippen LogP) is 1.48. The number of fused-ring (bicyclic) bond motifs is 1. The number of rotatable bonds is 7. The predicted molar refractivity (Wildman–Crippen MR) is 127 cm³/mol. The van der Waals surface area contributed by atoms with E-state index in [9.17, 15) is 28.5 Å². The lowest BCUT2D eigenvalue weighted by atomic mass is 9.95. The second kappa shape index (κ2) is 9.95. The number of nitrogens with zero attached hydrogens (tertiary/aromatic N) is 3. The van der Waals surface area contributed by atoms with Crippen LogP contribution in [0.1, 0.15) is 43.9 Å². The molecule has 2 aliphatic rings. The van der Waals surface area contributed by atoms with Gasteiger partial charge in [0, 0.05) is 17.6 Å². The number of aliphatic hydroxyl groups is 2. The van der Waals surface area contributed by atoms with Crippen molar-refractivity contribution in [3.8, 4) is 6.07 Å². The summed E-state index contributed by atoms with van der Waals surface area (Å²) < 4.78 is 42.5. The Kier molecular flexibility index (Phi) is 7.48. The van der Waals surface area contributed by atoms with Gasteiger partial charge in [-0.1, -0.05) is 30.9 Å². The fourth-order valence-electron chi connectivity index (χ4n) is 4.70. The van der Waals surface area contributed by atoms with Crippen molar-refractivity contribution >= 4 is 45.8 Å². The zero-order valence-corrected chi connectivity index (χ0v) is 21.0. The van der Waals surface area contributed by atoms with Crippen molar-refractivity contribution in [2.75, 3.05) is 16.6 Å². The Balaban J connectivity index is 1.66. The van der Waals surface area contributed by atoms with Crippen LogP contribution in [0, 0.1) is 11.3 Å². The molecule has 2 aromatic rings. The summed E-state index contributed by atoms with van der Waals surface area (Å²) in [5.74, 6) is -0.896. The van der Waals surface area contributed by atoms with Gasteiger partial charge < -0.3 is 34.6 Å². The van der Waals surface area contributed by atoms with Crippen molar-refractivity contribution in [1.82, 2.24) is 9.55 Å². The Morgan fingerprint density at radius 2 is 1.94 bits per heavy atom. The SMILES string of the molecule is N#Cc1c(Cl)nc2c(ccn2[C@@H]2O[C@H](CS(=O)(=O)CP(=O)(O)O)[C@@H](O)[C@H]2O)c1NC1CCCCC1. The summed E-state index contributed by atoms with van der Waals surface area (Å²) in [6.45, 7) is 0. The molecule has 4 rings (SSSR count). The second-order valence-electron chi connectivity index (χ2n) is 8.95. The summed E-state index contributed by atoms with van der Waals surface area (Å²) in [4.78, 5) is 22.3. The van der Waals surface area contributed by atoms with E-state index in [1.165, 1.54) is 10.8 Å². The molecule has 2 fully saturated rings. The Bertz CT molecular complexity index is 1300. The number of nitrogens with one attached hydrogen (secondary N) is 1. The standard InChI is InChI=1S/C20H26ClN4O8PS/c21-18-13(8-22)15(23-11-4-2-1-3-5-11)12-6-7-25(19(12)24-18)20-17(27)16(26)14(33-20)9-35(31,32)10-34(28,29)30/h6-7,11,14,16-17,20,26-27H,1-5,9-10H2,(H,23,24)(H2,28,29,30)/t14-,16-,17-,20-/m1/s1. The highest BCUT2D eigenvalue weighted by atomic mass is 35.5. The first-order valence-corrected chi connectivity index (χ1v) is 15.0. The minimum absolute atomic E-state index is 0.0629. The zero-order chi connectivity index (χ0) is 25.5. The van der Waals surface area contributed by atoms with Crippen molar-refractivity contribution in [2.24, 2.45) is 0 Å². The highest BCUT2D eigenvalue weighted by Crippen LogP contribution is 2.40. The van der Waals surface area contributed by atoms with Crippen molar-refractivity contribution in [2.45, 2.75) is 62.7 Å². The van der Waals surface area contributed by atoms with Gasteiger partial charge in [0.2, 0.25) is 0 Å². The highest BCUT2D eigenvalue weighted by molar-refractivity contribution is 7.97. The fraction of sp³-hybridized carbons (Fsp3) is 0.600. The third-order valence-electron chi connectivity index (χ3n) is 6.28. The van der Waals surface area contributed by atoms with Gasteiger partial charge in [0.1, 0.15) is 35.6 Å². The van der Waals surface area contributed by atoms with Crippen LogP contribution in [-0.2, 0) is 19.1 Å². The second-order valence-corrected chi connectivity index (χ2v) is 13.5. The smallest absolute Gasteiger partial charge is 0.340 e. The minimum atomic E-state index is -4.86. The van der Waals surface area contributed by atoms with E-state index in [-0.39, 0.29) is 22.4 Å². The number of ether oxygens (including phenoxy) is 1. The van der Waals surface area contributed by atoms with Gasteiger partial charge in [0.05, 0.1) is 11.4 Å². The molecule has 12 nitrogen and oxygen atoms in total. The average molecular weight is 549 g/mol. The average Bonchev–Trinajstić information content (AvgIpc) is 3.28.